The van der Waals surface area contributed by atoms with Gasteiger partial charge in [-0.1, -0.05) is 57.6 Å². The van der Waals surface area contributed by atoms with Crippen molar-refractivity contribution >= 4 is 10.4 Å². The first kappa shape index (κ1) is 26.0. The van der Waals surface area contributed by atoms with Gasteiger partial charge in [-0.3, -0.25) is 4.55 Å². The van der Waals surface area contributed by atoms with Crippen molar-refractivity contribution < 1.29 is 27.4 Å². The van der Waals surface area contributed by atoms with E-state index in [2.05, 4.69) is 17.2 Å². The lowest BCUT2D eigenvalue weighted by Crippen LogP contribution is -2.06. The largest absolute Gasteiger partial charge is 0.508 e. The summed E-state index contributed by atoms with van der Waals surface area (Å²) >= 11 is 0. The normalized spacial score (nSPS) is 10.5. The zero-order valence-corrected chi connectivity index (χ0v) is 15.9. The second-order valence-electron chi connectivity index (χ2n) is 5.51. The van der Waals surface area contributed by atoms with Crippen LogP contribution in [0, 0.1) is 0 Å². The molecule has 0 radical (unpaired) electrons. The van der Waals surface area contributed by atoms with E-state index in [1.807, 2.05) is 12.1 Å². The van der Waals surface area contributed by atoms with Crippen molar-refractivity contribution in [1.29, 1.82) is 0 Å². The Kier molecular flexibility index (Phi) is 17.0. The molecule has 148 valence electrons. The van der Waals surface area contributed by atoms with Gasteiger partial charge in [0.2, 0.25) is 0 Å². The summed E-state index contributed by atoms with van der Waals surface area (Å²) in [7, 11) is -4.35. The summed E-state index contributed by atoms with van der Waals surface area (Å²) in [5, 5.41) is 17.2. The number of hydrogen-bond acceptors (Lipinski definition) is 6. The SMILES string of the molecule is CCCCCCCCCc1cccc(O)c1.N.O=S(=O)(O)OCCO. The van der Waals surface area contributed by atoms with Gasteiger partial charge in [-0.15, -0.1) is 0 Å². The van der Waals surface area contributed by atoms with E-state index in [0.717, 1.165) is 6.42 Å². The summed E-state index contributed by atoms with van der Waals surface area (Å²) in [5.74, 6) is 0.389. The minimum absolute atomic E-state index is 0. The molecule has 1 aromatic carbocycles. The van der Waals surface area contributed by atoms with Gasteiger partial charge in [0, 0.05) is 0 Å². The van der Waals surface area contributed by atoms with E-state index in [9.17, 15) is 13.5 Å². The van der Waals surface area contributed by atoms with Gasteiger partial charge in [0.25, 0.3) is 0 Å². The second kappa shape index (κ2) is 16.3. The number of phenols is 1. The molecule has 0 aliphatic carbocycles. The standard InChI is InChI=1S/C15H24O.C2H6O5S.H3N/c1-2-3-4-5-6-7-8-10-14-11-9-12-15(16)13-14;3-1-2-7-8(4,5)6;/h9,11-13,16H,2-8,10H2,1H3;3H,1-2H2,(H,4,5,6);1H3. The van der Waals surface area contributed by atoms with Crippen molar-refractivity contribution in [3.05, 3.63) is 29.8 Å². The molecule has 1 rings (SSSR count). The number of aliphatic hydroxyl groups is 1. The fourth-order valence-corrected chi connectivity index (χ4v) is 2.43. The van der Waals surface area contributed by atoms with Crippen molar-refractivity contribution in [2.24, 2.45) is 0 Å². The van der Waals surface area contributed by atoms with Crippen LogP contribution in [0.3, 0.4) is 0 Å². The van der Waals surface area contributed by atoms with Crippen molar-refractivity contribution in [2.45, 2.75) is 58.3 Å². The summed E-state index contributed by atoms with van der Waals surface area (Å²) in [6, 6.07) is 7.62. The van der Waals surface area contributed by atoms with Crippen molar-refractivity contribution in [3.63, 3.8) is 0 Å². The number of aryl methyl sites for hydroxylation is 1. The number of benzene rings is 1. The molecule has 0 saturated carbocycles. The van der Waals surface area contributed by atoms with Gasteiger partial charge >= 0.3 is 10.4 Å². The predicted octanol–water partition coefficient (Wildman–Crippen LogP) is 3.65. The summed E-state index contributed by atoms with van der Waals surface area (Å²) in [5.41, 5.74) is 1.26. The molecule has 0 spiro atoms. The number of phenolic OH excluding ortho intramolecular Hbond substituents is 1. The highest BCUT2D eigenvalue weighted by Crippen LogP contribution is 2.14. The highest BCUT2D eigenvalue weighted by atomic mass is 32.3. The first-order chi connectivity index (χ1) is 11.4. The van der Waals surface area contributed by atoms with Gasteiger partial charge in [-0.05, 0) is 30.5 Å². The van der Waals surface area contributed by atoms with Crippen LogP contribution in [0.15, 0.2) is 24.3 Å². The van der Waals surface area contributed by atoms with Crippen LogP contribution >= 0.6 is 0 Å². The third-order valence-corrected chi connectivity index (χ3v) is 3.77. The van der Waals surface area contributed by atoms with Crippen LogP contribution in [0.1, 0.15) is 57.4 Å². The summed E-state index contributed by atoms with van der Waals surface area (Å²) in [6.07, 6.45) is 10.5. The van der Waals surface area contributed by atoms with Gasteiger partial charge in [0.15, 0.2) is 0 Å². The fourth-order valence-electron chi connectivity index (χ4n) is 2.14. The molecule has 0 bridgehead atoms. The van der Waals surface area contributed by atoms with Gasteiger partial charge in [-0.2, -0.15) is 8.42 Å². The Bertz CT molecular complexity index is 522. The van der Waals surface area contributed by atoms with Gasteiger partial charge < -0.3 is 16.4 Å². The highest BCUT2D eigenvalue weighted by Gasteiger charge is 2.00. The molecule has 0 amide bonds. The molecule has 0 aliphatic heterocycles. The number of aliphatic hydroxyl groups excluding tert-OH is 1. The number of hydrogen-bond donors (Lipinski definition) is 4. The van der Waals surface area contributed by atoms with Crippen LogP contribution in [-0.4, -0.2) is 36.4 Å². The lowest BCUT2D eigenvalue weighted by atomic mass is 10.0. The Hall–Kier alpha value is -1.19. The lowest BCUT2D eigenvalue weighted by molar-refractivity contribution is 0.188. The van der Waals surface area contributed by atoms with Gasteiger partial charge in [0.05, 0.1) is 13.2 Å². The Balaban J connectivity index is 0. The number of aromatic hydroxyl groups is 1. The molecule has 0 aromatic heterocycles. The van der Waals surface area contributed by atoms with Crippen molar-refractivity contribution in [3.8, 4) is 5.75 Å². The Morgan fingerprint density at radius 2 is 1.64 bits per heavy atom. The first-order valence-electron chi connectivity index (χ1n) is 8.39. The molecule has 8 heteroatoms. The monoisotopic (exact) mass is 379 g/mol. The van der Waals surface area contributed by atoms with Gasteiger partial charge in [-0.25, -0.2) is 4.18 Å². The van der Waals surface area contributed by atoms with Crippen LogP contribution in [0.5, 0.6) is 5.75 Å². The van der Waals surface area contributed by atoms with Crippen molar-refractivity contribution in [1.82, 2.24) is 6.15 Å². The first-order valence-corrected chi connectivity index (χ1v) is 9.76. The van der Waals surface area contributed by atoms with Crippen LogP contribution in [0.4, 0.5) is 0 Å². The maximum absolute atomic E-state index is 9.61. The van der Waals surface area contributed by atoms with E-state index in [4.69, 9.17) is 9.66 Å². The minimum Gasteiger partial charge on any atom is -0.508 e. The highest BCUT2D eigenvalue weighted by molar-refractivity contribution is 7.80. The predicted molar refractivity (Wildman–Crippen MR) is 99.4 cm³/mol. The topological polar surface area (TPSA) is 139 Å². The third kappa shape index (κ3) is 19.0. The number of rotatable bonds is 11. The fraction of sp³-hybridized carbons (Fsp3) is 0.647. The van der Waals surface area contributed by atoms with E-state index in [1.165, 1.54) is 50.5 Å². The average molecular weight is 380 g/mol. The van der Waals surface area contributed by atoms with E-state index in [1.54, 1.807) is 6.07 Å². The molecule has 25 heavy (non-hydrogen) atoms. The molecule has 0 aliphatic rings. The van der Waals surface area contributed by atoms with Gasteiger partial charge in [0.1, 0.15) is 5.75 Å². The van der Waals surface area contributed by atoms with Crippen molar-refractivity contribution in [2.75, 3.05) is 13.2 Å². The molecule has 6 N–H and O–H groups in total. The molecule has 0 fully saturated rings. The minimum atomic E-state index is -4.35. The molecule has 0 atom stereocenters. The quantitative estimate of drug-likeness (QED) is 0.340. The molecule has 0 heterocycles. The van der Waals surface area contributed by atoms with E-state index in [-0.39, 0.29) is 6.15 Å². The Morgan fingerprint density at radius 1 is 1.04 bits per heavy atom. The van der Waals surface area contributed by atoms with E-state index >= 15 is 0 Å². The second-order valence-corrected chi connectivity index (χ2v) is 6.61. The smallest absolute Gasteiger partial charge is 0.397 e. The zero-order valence-electron chi connectivity index (χ0n) is 15.1. The zero-order chi connectivity index (χ0) is 18.3. The maximum Gasteiger partial charge on any atom is 0.397 e. The molecular weight excluding hydrogens is 346 g/mol. The summed E-state index contributed by atoms with van der Waals surface area (Å²) in [4.78, 5) is 0. The number of unbranched alkanes of at least 4 members (excludes halogenated alkanes) is 6. The van der Waals surface area contributed by atoms with E-state index in [0.29, 0.717) is 5.75 Å². The van der Waals surface area contributed by atoms with Crippen LogP contribution in [0.25, 0.3) is 0 Å². The Labute approximate surface area is 151 Å². The maximum atomic E-state index is 9.61. The van der Waals surface area contributed by atoms with Crippen LogP contribution < -0.4 is 6.15 Å². The average Bonchev–Trinajstić information content (AvgIpc) is 2.52. The molecular formula is C17H33NO6S. The molecule has 1 aromatic rings. The Morgan fingerprint density at radius 3 is 2.12 bits per heavy atom. The van der Waals surface area contributed by atoms with E-state index < -0.39 is 23.6 Å². The molecule has 0 saturated heterocycles. The third-order valence-electron chi connectivity index (χ3n) is 3.30. The molecule has 0 unspecified atom stereocenters. The molecule has 7 nitrogen and oxygen atoms in total. The van der Waals surface area contributed by atoms with Crippen LogP contribution in [-0.2, 0) is 21.0 Å². The summed E-state index contributed by atoms with van der Waals surface area (Å²) < 4.78 is 30.7. The summed E-state index contributed by atoms with van der Waals surface area (Å²) in [6.45, 7) is 1.42. The lowest BCUT2D eigenvalue weighted by Gasteiger charge is -2.02. The van der Waals surface area contributed by atoms with Crippen LogP contribution in [0.2, 0.25) is 0 Å².